The van der Waals surface area contributed by atoms with Gasteiger partial charge in [0.25, 0.3) is 0 Å². The zero-order valence-corrected chi connectivity index (χ0v) is 18.9. The second-order valence-corrected chi connectivity index (χ2v) is 8.05. The van der Waals surface area contributed by atoms with Gasteiger partial charge in [-0.15, -0.1) is 0 Å². The van der Waals surface area contributed by atoms with Crippen LogP contribution in [0.5, 0.6) is 0 Å². The van der Waals surface area contributed by atoms with E-state index in [4.69, 9.17) is 16.0 Å². The van der Waals surface area contributed by atoms with E-state index in [1.165, 1.54) is 0 Å². The van der Waals surface area contributed by atoms with Gasteiger partial charge in [0.1, 0.15) is 38.5 Å². The van der Waals surface area contributed by atoms with E-state index in [0.717, 1.165) is 51.9 Å². The molecule has 0 bridgehead atoms. The van der Waals surface area contributed by atoms with Gasteiger partial charge in [-0.05, 0) is 32.0 Å². The summed E-state index contributed by atoms with van der Waals surface area (Å²) in [7, 11) is 8.15. The van der Waals surface area contributed by atoms with Crippen molar-refractivity contribution in [3.63, 3.8) is 0 Å². The van der Waals surface area contributed by atoms with Crippen molar-refractivity contribution in [2.24, 2.45) is 0 Å². The fourth-order valence-electron chi connectivity index (χ4n) is 3.67. The molecule has 0 fully saturated rings. The monoisotopic (exact) mass is 411 g/mol. The summed E-state index contributed by atoms with van der Waals surface area (Å²) in [5.41, 5.74) is 4.13. The van der Waals surface area contributed by atoms with Crippen LogP contribution in [0.25, 0.3) is 27.9 Å². The zero-order valence-electron chi connectivity index (χ0n) is 18.2. The van der Waals surface area contributed by atoms with Crippen LogP contribution in [0, 0.1) is 0 Å². The van der Waals surface area contributed by atoms with Crippen molar-refractivity contribution >= 4 is 34.4 Å². The van der Waals surface area contributed by atoms with E-state index in [2.05, 4.69) is 58.5 Å². The summed E-state index contributed by atoms with van der Waals surface area (Å²) in [4.78, 5) is 2.07. The van der Waals surface area contributed by atoms with Crippen molar-refractivity contribution in [3.05, 3.63) is 58.5 Å². The molecule has 3 rings (SSSR count). The highest BCUT2D eigenvalue weighted by atomic mass is 35.5. The Labute approximate surface area is 178 Å². The van der Waals surface area contributed by atoms with Crippen molar-refractivity contribution in [2.75, 3.05) is 41.3 Å². The summed E-state index contributed by atoms with van der Waals surface area (Å²) in [6.45, 7) is 6.24. The van der Waals surface area contributed by atoms with Gasteiger partial charge < -0.3 is 9.32 Å². The molecule has 1 aromatic carbocycles. The SMILES string of the molecule is CC[N+](CC)=c1ccc2c(/C(C=[N+](C)C)=C\N(C)C)c3ccc(Cl)cc3oc-2c1. The molecule has 0 amide bonds. The van der Waals surface area contributed by atoms with Gasteiger partial charge in [-0.2, -0.15) is 0 Å². The minimum Gasteiger partial charge on any atom is -0.456 e. The second-order valence-electron chi connectivity index (χ2n) is 7.61. The van der Waals surface area contributed by atoms with E-state index in [-0.39, 0.29) is 0 Å². The first-order valence-electron chi connectivity index (χ1n) is 9.98. The lowest BCUT2D eigenvalue weighted by atomic mass is 9.94. The average Bonchev–Trinajstić information content (AvgIpc) is 2.65. The van der Waals surface area contributed by atoms with Gasteiger partial charge in [0, 0.05) is 54.0 Å². The molecule has 0 aromatic heterocycles. The molecule has 1 heterocycles. The Morgan fingerprint density at radius 1 is 1.07 bits per heavy atom. The first-order chi connectivity index (χ1) is 13.8. The van der Waals surface area contributed by atoms with E-state index in [1.807, 2.05) is 46.4 Å². The van der Waals surface area contributed by atoms with Crippen molar-refractivity contribution in [2.45, 2.75) is 13.8 Å². The Kier molecular flexibility index (Phi) is 6.43. The lowest BCUT2D eigenvalue weighted by Crippen LogP contribution is -2.29. The van der Waals surface area contributed by atoms with Crippen LogP contribution in [0.4, 0.5) is 0 Å². The van der Waals surface area contributed by atoms with Gasteiger partial charge in [0.15, 0.2) is 6.21 Å². The lowest BCUT2D eigenvalue weighted by molar-refractivity contribution is -0.458. The smallest absolute Gasteiger partial charge is 0.203 e. The van der Waals surface area contributed by atoms with Gasteiger partial charge in [-0.1, -0.05) is 11.6 Å². The van der Waals surface area contributed by atoms with Crippen LogP contribution >= 0.6 is 11.6 Å². The molecule has 2 aliphatic rings. The maximum absolute atomic E-state index is 6.33. The summed E-state index contributed by atoms with van der Waals surface area (Å²) in [6, 6.07) is 12.3. The van der Waals surface area contributed by atoms with Gasteiger partial charge in [0.05, 0.1) is 11.6 Å². The molecule has 0 radical (unpaired) electrons. The standard InChI is InChI=1S/C24H30ClN3O/c1-7-28(8-2)19-10-12-21-23(14-19)29-22-13-18(25)9-11-20(22)24(21)17(15-26(3)4)16-27(5)6/h9-16H,7-8H2,1-6H3/q+2. The van der Waals surface area contributed by atoms with Crippen LogP contribution in [0.3, 0.4) is 0 Å². The fourth-order valence-corrected chi connectivity index (χ4v) is 3.83. The Balaban J connectivity index is 2.48. The predicted molar refractivity (Wildman–Crippen MR) is 124 cm³/mol. The minimum absolute atomic E-state index is 0.668. The summed E-state index contributed by atoms with van der Waals surface area (Å²) in [6.07, 6.45) is 4.28. The Hall–Kier alpha value is -2.59. The average molecular weight is 412 g/mol. The molecule has 1 aliphatic carbocycles. The molecule has 0 saturated carbocycles. The number of benzene rings is 2. The molecule has 0 spiro atoms. The highest BCUT2D eigenvalue weighted by molar-refractivity contribution is 6.31. The van der Waals surface area contributed by atoms with E-state index < -0.39 is 0 Å². The minimum atomic E-state index is 0.668. The van der Waals surface area contributed by atoms with Crippen LogP contribution in [-0.2, 0) is 0 Å². The highest BCUT2D eigenvalue weighted by Crippen LogP contribution is 2.37. The molecule has 1 aromatic rings. The highest BCUT2D eigenvalue weighted by Gasteiger charge is 2.21. The molecule has 1 aliphatic heterocycles. The van der Waals surface area contributed by atoms with Gasteiger partial charge in [0.2, 0.25) is 5.36 Å². The van der Waals surface area contributed by atoms with Crippen molar-refractivity contribution < 1.29 is 8.99 Å². The summed E-state index contributed by atoms with van der Waals surface area (Å²) in [5, 5.41) is 2.87. The third-order valence-electron chi connectivity index (χ3n) is 4.88. The van der Waals surface area contributed by atoms with E-state index >= 15 is 0 Å². The molecule has 5 heteroatoms. The third kappa shape index (κ3) is 4.54. The molecule has 0 atom stereocenters. The number of halogens is 1. The van der Waals surface area contributed by atoms with E-state index in [9.17, 15) is 0 Å². The molecule has 0 saturated heterocycles. The summed E-state index contributed by atoms with van der Waals surface area (Å²) in [5.74, 6) is 0.857. The zero-order chi connectivity index (χ0) is 21.1. The maximum Gasteiger partial charge on any atom is 0.203 e. The lowest BCUT2D eigenvalue weighted by Gasteiger charge is -2.16. The van der Waals surface area contributed by atoms with E-state index in [1.54, 1.807) is 0 Å². The topological polar surface area (TPSA) is 22.4 Å². The Morgan fingerprint density at radius 2 is 1.79 bits per heavy atom. The van der Waals surface area contributed by atoms with Gasteiger partial charge in [-0.3, -0.25) is 0 Å². The largest absolute Gasteiger partial charge is 0.456 e. The van der Waals surface area contributed by atoms with Gasteiger partial charge in [-0.25, -0.2) is 9.15 Å². The number of fused-ring (bicyclic) bond motifs is 2. The van der Waals surface area contributed by atoms with Crippen LogP contribution in [0.1, 0.15) is 19.4 Å². The van der Waals surface area contributed by atoms with Crippen molar-refractivity contribution in [1.82, 2.24) is 9.48 Å². The first kappa shape index (κ1) is 21.1. The van der Waals surface area contributed by atoms with Crippen LogP contribution in [0.15, 0.2) is 47.0 Å². The van der Waals surface area contributed by atoms with Crippen LogP contribution in [0.2, 0.25) is 5.02 Å². The summed E-state index contributed by atoms with van der Waals surface area (Å²) >= 11 is 6.29. The van der Waals surface area contributed by atoms with E-state index in [0.29, 0.717) is 5.02 Å². The molecular formula is C24H30ClN3O+2. The maximum atomic E-state index is 6.33. The molecule has 0 unspecified atom stereocenters. The van der Waals surface area contributed by atoms with Gasteiger partial charge >= 0.3 is 0 Å². The third-order valence-corrected chi connectivity index (χ3v) is 5.11. The molecule has 152 valence electrons. The number of hydrogen-bond acceptors (Lipinski definition) is 2. The molecule has 4 nitrogen and oxygen atoms in total. The van der Waals surface area contributed by atoms with Crippen LogP contribution < -0.4 is 9.93 Å². The number of rotatable bonds is 5. The molecular weight excluding hydrogens is 382 g/mol. The predicted octanol–water partition coefficient (Wildman–Crippen LogP) is 4.25. The number of nitrogens with zero attached hydrogens (tertiary/aromatic N) is 3. The second kappa shape index (κ2) is 8.83. The molecule has 29 heavy (non-hydrogen) atoms. The number of hydrogen-bond donors (Lipinski definition) is 0. The van der Waals surface area contributed by atoms with Crippen molar-refractivity contribution in [1.29, 1.82) is 0 Å². The van der Waals surface area contributed by atoms with Crippen LogP contribution in [-0.4, -0.2) is 57.0 Å². The Morgan fingerprint density at radius 3 is 2.41 bits per heavy atom. The quantitative estimate of drug-likeness (QED) is 0.356. The number of allylic oxidation sites excluding steroid dienone is 1. The normalized spacial score (nSPS) is 11.8. The van der Waals surface area contributed by atoms with Crippen molar-refractivity contribution in [3.8, 4) is 11.3 Å². The Bertz CT molecular complexity index is 1130. The fraction of sp³-hybridized carbons (Fsp3) is 0.333. The molecule has 0 N–H and O–H groups in total. The first-order valence-corrected chi connectivity index (χ1v) is 10.4. The summed E-state index contributed by atoms with van der Waals surface area (Å²) < 4.78 is 10.7.